The number of hydrogen-bond donors (Lipinski definition) is 1. The highest BCUT2D eigenvalue weighted by Gasteiger charge is 2.15. The fraction of sp³-hybridized carbons (Fsp3) is 0.0833. The maximum absolute atomic E-state index is 12.5. The van der Waals surface area contributed by atoms with Crippen LogP contribution in [-0.2, 0) is 4.79 Å². The quantitative estimate of drug-likeness (QED) is 0.336. The first kappa shape index (κ1) is 21.0. The number of aromatic nitrogens is 1. The topological polar surface area (TPSA) is 64.4 Å². The molecule has 1 amide bonds. The number of carbonyl (C=O) groups is 1. The highest BCUT2D eigenvalue weighted by molar-refractivity contribution is 6.30. The van der Waals surface area contributed by atoms with Crippen LogP contribution in [-0.4, -0.2) is 18.0 Å². The highest BCUT2D eigenvalue weighted by Crippen LogP contribution is 2.37. The Morgan fingerprint density at radius 2 is 1.84 bits per heavy atom. The fourth-order valence-electron chi connectivity index (χ4n) is 3.27. The van der Waals surface area contributed by atoms with Crippen molar-refractivity contribution in [2.45, 2.75) is 6.92 Å². The molecule has 4 aromatic rings. The Balaban J connectivity index is 1.70. The molecule has 2 aromatic carbocycles. The van der Waals surface area contributed by atoms with Gasteiger partial charge in [-0.1, -0.05) is 35.3 Å². The summed E-state index contributed by atoms with van der Waals surface area (Å²) in [6, 6.07) is 14.6. The normalized spacial score (nSPS) is 11.5. The lowest BCUT2D eigenvalue weighted by Gasteiger charge is -2.10. The predicted molar refractivity (Wildman–Crippen MR) is 125 cm³/mol. The lowest BCUT2D eigenvalue weighted by molar-refractivity contribution is -0.111. The Morgan fingerprint density at radius 3 is 2.52 bits per heavy atom. The molecule has 0 fully saturated rings. The number of methoxy groups -OCH3 is 1. The molecule has 0 aliphatic heterocycles. The minimum absolute atomic E-state index is 0.306. The van der Waals surface area contributed by atoms with Crippen LogP contribution in [0.25, 0.3) is 27.7 Å². The summed E-state index contributed by atoms with van der Waals surface area (Å²) in [7, 11) is 1.58. The number of halogens is 2. The molecule has 156 valence electrons. The van der Waals surface area contributed by atoms with Gasteiger partial charge in [0.15, 0.2) is 0 Å². The molecule has 5 nitrogen and oxygen atoms in total. The standard InChI is InChI=1S/C24H18Cl2N2O3/c1-14(9-24(29)28-23-8-7-17(26)12-27-23)18-10-19-20(15-3-5-16(25)6-4-15)13-31-22(19)11-21(18)30-2/h3-13H,1-2H3,(H,27,28,29)/b14-9+. The van der Waals surface area contributed by atoms with Gasteiger partial charge in [-0.3, -0.25) is 4.79 Å². The van der Waals surface area contributed by atoms with Crippen LogP contribution in [0.3, 0.4) is 0 Å². The lowest BCUT2D eigenvalue weighted by atomic mass is 9.99. The zero-order chi connectivity index (χ0) is 22.0. The molecule has 0 atom stereocenters. The van der Waals surface area contributed by atoms with Crippen molar-refractivity contribution in [3.63, 3.8) is 0 Å². The number of hydrogen-bond acceptors (Lipinski definition) is 4. The summed E-state index contributed by atoms with van der Waals surface area (Å²) in [4.78, 5) is 16.6. The maximum atomic E-state index is 12.5. The van der Waals surface area contributed by atoms with Crippen molar-refractivity contribution < 1.29 is 13.9 Å². The van der Waals surface area contributed by atoms with Crippen LogP contribution in [0.15, 0.2) is 71.5 Å². The van der Waals surface area contributed by atoms with E-state index >= 15 is 0 Å². The summed E-state index contributed by atoms with van der Waals surface area (Å²) < 4.78 is 11.3. The number of benzene rings is 2. The van der Waals surface area contributed by atoms with Gasteiger partial charge in [0.1, 0.15) is 17.2 Å². The lowest BCUT2D eigenvalue weighted by Crippen LogP contribution is -2.09. The number of ether oxygens (including phenoxy) is 1. The molecule has 0 bridgehead atoms. The molecule has 2 heterocycles. The van der Waals surface area contributed by atoms with Gasteiger partial charge in [-0.25, -0.2) is 4.98 Å². The van der Waals surface area contributed by atoms with Crippen LogP contribution in [0.5, 0.6) is 5.75 Å². The van der Waals surface area contributed by atoms with Gasteiger partial charge in [0, 0.05) is 39.9 Å². The first-order valence-corrected chi connectivity index (χ1v) is 10.2. The fourth-order valence-corrected chi connectivity index (χ4v) is 3.51. The van der Waals surface area contributed by atoms with E-state index in [0.717, 1.165) is 27.6 Å². The zero-order valence-corrected chi connectivity index (χ0v) is 18.3. The van der Waals surface area contributed by atoms with E-state index in [-0.39, 0.29) is 5.91 Å². The molecular weight excluding hydrogens is 435 g/mol. The molecule has 0 radical (unpaired) electrons. The largest absolute Gasteiger partial charge is 0.496 e. The van der Waals surface area contributed by atoms with Gasteiger partial charge >= 0.3 is 0 Å². The summed E-state index contributed by atoms with van der Waals surface area (Å²) in [5.74, 6) is 0.719. The molecular formula is C24H18Cl2N2O3. The Hall–Kier alpha value is -3.28. The molecule has 0 spiro atoms. The molecule has 31 heavy (non-hydrogen) atoms. The number of anilines is 1. The van der Waals surface area contributed by atoms with Gasteiger partial charge in [-0.15, -0.1) is 0 Å². The summed E-state index contributed by atoms with van der Waals surface area (Å²) in [6.45, 7) is 1.85. The molecule has 0 saturated heterocycles. The van der Waals surface area contributed by atoms with Crippen LogP contribution >= 0.6 is 23.2 Å². The Morgan fingerprint density at radius 1 is 1.10 bits per heavy atom. The molecule has 7 heteroatoms. The second-order valence-electron chi connectivity index (χ2n) is 6.88. The van der Waals surface area contributed by atoms with Crippen molar-refractivity contribution in [2.24, 2.45) is 0 Å². The average Bonchev–Trinajstić information content (AvgIpc) is 3.17. The number of rotatable bonds is 5. The molecule has 0 unspecified atom stereocenters. The summed E-state index contributed by atoms with van der Waals surface area (Å²) >= 11 is 11.8. The van der Waals surface area contributed by atoms with Crippen LogP contribution < -0.4 is 10.1 Å². The minimum Gasteiger partial charge on any atom is -0.496 e. The second-order valence-corrected chi connectivity index (χ2v) is 7.76. The molecule has 4 rings (SSSR count). The average molecular weight is 453 g/mol. The number of carbonyl (C=O) groups excluding carboxylic acids is 1. The number of furan rings is 1. The second kappa shape index (κ2) is 8.84. The summed E-state index contributed by atoms with van der Waals surface area (Å²) in [5.41, 5.74) is 4.11. The van der Waals surface area contributed by atoms with Crippen LogP contribution in [0.1, 0.15) is 12.5 Å². The van der Waals surface area contributed by atoms with E-state index in [1.54, 1.807) is 25.5 Å². The van der Waals surface area contributed by atoms with Crippen molar-refractivity contribution >= 4 is 51.5 Å². The van der Waals surface area contributed by atoms with Crippen molar-refractivity contribution in [1.82, 2.24) is 4.98 Å². The van der Waals surface area contributed by atoms with Gasteiger partial charge in [0.05, 0.1) is 18.4 Å². The van der Waals surface area contributed by atoms with Gasteiger partial charge in [0.25, 0.3) is 0 Å². The van der Waals surface area contributed by atoms with Crippen LogP contribution in [0.2, 0.25) is 10.0 Å². The van der Waals surface area contributed by atoms with Gasteiger partial charge in [-0.05, 0) is 48.4 Å². The number of allylic oxidation sites excluding steroid dienone is 1. The van der Waals surface area contributed by atoms with Crippen LogP contribution in [0, 0.1) is 0 Å². The molecule has 0 aliphatic rings. The van der Waals surface area contributed by atoms with E-state index in [2.05, 4.69) is 10.3 Å². The Labute approximate surface area is 189 Å². The summed E-state index contributed by atoms with van der Waals surface area (Å²) in [5, 5.41) is 4.80. The van der Waals surface area contributed by atoms with E-state index in [0.29, 0.717) is 27.2 Å². The van der Waals surface area contributed by atoms with E-state index < -0.39 is 0 Å². The first-order valence-electron chi connectivity index (χ1n) is 9.41. The first-order chi connectivity index (χ1) is 14.9. The van der Waals surface area contributed by atoms with Gasteiger partial charge < -0.3 is 14.5 Å². The highest BCUT2D eigenvalue weighted by atomic mass is 35.5. The summed E-state index contributed by atoms with van der Waals surface area (Å²) in [6.07, 6.45) is 4.68. The van der Waals surface area contributed by atoms with Gasteiger partial charge in [-0.2, -0.15) is 0 Å². The number of fused-ring (bicyclic) bond motifs is 1. The Kier molecular flexibility index (Phi) is 5.98. The van der Waals surface area contributed by atoms with Crippen molar-refractivity contribution in [3.05, 3.63) is 82.7 Å². The van der Waals surface area contributed by atoms with E-state index in [1.165, 1.54) is 12.3 Å². The third-order valence-corrected chi connectivity index (χ3v) is 5.28. The van der Waals surface area contributed by atoms with E-state index in [4.69, 9.17) is 32.4 Å². The third kappa shape index (κ3) is 4.58. The number of nitrogens with one attached hydrogen (secondary N) is 1. The molecule has 2 aromatic heterocycles. The predicted octanol–water partition coefficient (Wildman–Crippen LogP) is 6.85. The van der Waals surface area contributed by atoms with Crippen LogP contribution in [0.4, 0.5) is 5.82 Å². The monoisotopic (exact) mass is 452 g/mol. The van der Waals surface area contributed by atoms with E-state index in [9.17, 15) is 4.79 Å². The zero-order valence-electron chi connectivity index (χ0n) is 16.8. The number of pyridine rings is 1. The van der Waals surface area contributed by atoms with E-state index in [1.807, 2.05) is 43.3 Å². The molecule has 0 saturated carbocycles. The van der Waals surface area contributed by atoms with Crippen molar-refractivity contribution in [3.8, 4) is 16.9 Å². The minimum atomic E-state index is -0.306. The van der Waals surface area contributed by atoms with Crippen molar-refractivity contribution in [1.29, 1.82) is 0 Å². The van der Waals surface area contributed by atoms with Gasteiger partial charge in [0.2, 0.25) is 5.91 Å². The number of nitrogens with zero attached hydrogens (tertiary/aromatic N) is 1. The SMILES string of the molecule is COc1cc2occ(-c3ccc(Cl)cc3)c2cc1/C(C)=C/C(=O)Nc1ccc(Cl)cn1. The van der Waals surface area contributed by atoms with Crippen molar-refractivity contribution in [2.75, 3.05) is 12.4 Å². The molecule has 0 aliphatic carbocycles. The smallest absolute Gasteiger partial charge is 0.249 e. The number of amides is 1. The maximum Gasteiger partial charge on any atom is 0.249 e. The Bertz CT molecular complexity index is 1280. The molecule has 1 N–H and O–H groups in total. The third-order valence-electron chi connectivity index (χ3n) is 4.80.